The van der Waals surface area contributed by atoms with Gasteiger partial charge in [0.25, 0.3) is 0 Å². The molecule has 3 amide bonds. The lowest BCUT2D eigenvalue weighted by molar-refractivity contribution is -0.146. The van der Waals surface area contributed by atoms with Crippen molar-refractivity contribution in [3.8, 4) is 0 Å². The van der Waals surface area contributed by atoms with Crippen LogP contribution in [0.2, 0.25) is 0 Å². The summed E-state index contributed by atoms with van der Waals surface area (Å²) in [6.07, 6.45) is 9.03. The van der Waals surface area contributed by atoms with Crippen LogP contribution in [0, 0.1) is 11.8 Å². The molecule has 222 valence electrons. The Hall–Kier alpha value is -3.05. The fourth-order valence-corrected chi connectivity index (χ4v) is 10.1. The Bertz CT molecular complexity index is 1500. The SMILES string of the molecule is C=C(C)N([C@H]1CCCN(CC(=O)N2CC3CC(C2)CN(C(=O)OC)C3)C1=O)S(=C)(=O)c1cc2c(s1)=CCC=C(C)C=2. The number of hydrogen-bond donors (Lipinski definition) is 0. The number of nitrogens with zero attached hydrogens (tertiary/aromatic N) is 4. The first kappa shape index (κ1) is 29.4. The van der Waals surface area contributed by atoms with Crippen molar-refractivity contribution in [2.75, 3.05) is 46.4 Å². The minimum atomic E-state index is -3.05. The predicted molar refractivity (Wildman–Crippen MR) is 163 cm³/mol. The van der Waals surface area contributed by atoms with Crippen LogP contribution < -0.4 is 9.75 Å². The summed E-state index contributed by atoms with van der Waals surface area (Å²) in [4.78, 5) is 44.5. The van der Waals surface area contributed by atoms with Gasteiger partial charge < -0.3 is 19.4 Å². The molecule has 0 spiro atoms. The van der Waals surface area contributed by atoms with E-state index in [1.165, 1.54) is 18.4 Å². The van der Waals surface area contributed by atoms with E-state index in [1.807, 2.05) is 17.9 Å². The molecule has 0 radical (unpaired) electrons. The highest BCUT2D eigenvalue weighted by Crippen LogP contribution is 2.31. The van der Waals surface area contributed by atoms with Gasteiger partial charge >= 0.3 is 6.09 Å². The van der Waals surface area contributed by atoms with Crippen molar-refractivity contribution in [3.05, 3.63) is 39.7 Å². The number of allylic oxidation sites excluding steroid dienone is 3. The fraction of sp³-hybridized carbons (Fsp3) is 0.533. The summed E-state index contributed by atoms with van der Waals surface area (Å²) >= 11 is 1.45. The normalized spacial score (nSPS) is 25.5. The van der Waals surface area contributed by atoms with Crippen molar-refractivity contribution < 1.29 is 23.3 Å². The van der Waals surface area contributed by atoms with Gasteiger partial charge in [-0.1, -0.05) is 30.4 Å². The smallest absolute Gasteiger partial charge is 0.409 e. The Morgan fingerprint density at radius 1 is 1.17 bits per heavy atom. The third kappa shape index (κ3) is 5.97. The second kappa shape index (κ2) is 11.7. The van der Waals surface area contributed by atoms with E-state index < -0.39 is 15.7 Å². The molecule has 4 heterocycles. The maximum absolute atomic E-state index is 14.4. The Morgan fingerprint density at radius 2 is 1.85 bits per heavy atom. The highest BCUT2D eigenvalue weighted by Gasteiger charge is 2.41. The van der Waals surface area contributed by atoms with Gasteiger partial charge in [0, 0.05) is 43.0 Å². The topological polar surface area (TPSA) is 90.5 Å². The van der Waals surface area contributed by atoms with Gasteiger partial charge in [0.2, 0.25) is 11.8 Å². The maximum Gasteiger partial charge on any atom is 0.409 e. The van der Waals surface area contributed by atoms with Gasteiger partial charge in [-0.15, -0.1) is 11.3 Å². The van der Waals surface area contributed by atoms with Gasteiger partial charge in [-0.05, 0) is 68.5 Å². The lowest BCUT2D eigenvalue weighted by atomic mass is 9.85. The predicted octanol–water partition coefficient (Wildman–Crippen LogP) is 2.02. The minimum Gasteiger partial charge on any atom is -0.453 e. The molecule has 1 aromatic heterocycles. The molecule has 3 aliphatic heterocycles. The minimum absolute atomic E-state index is 0.0132. The summed E-state index contributed by atoms with van der Waals surface area (Å²) in [7, 11) is -1.66. The molecule has 2 bridgehead atoms. The zero-order valence-corrected chi connectivity index (χ0v) is 25.8. The van der Waals surface area contributed by atoms with Gasteiger partial charge in [0.1, 0.15) is 10.3 Å². The number of hydrogen-bond acceptors (Lipinski definition) is 6. The Labute approximate surface area is 246 Å². The van der Waals surface area contributed by atoms with Crippen molar-refractivity contribution in [1.29, 1.82) is 0 Å². The van der Waals surface area contributed by atoms with Crippen LogP contribution in [0.25, 0.3) is 12.2 Å². The molecule has 4 atom stereocenters. The van der Waals surface area contributed by atoms with Crippen molar-refractivity contribution in [1.82, 2.24) is 19.0 Å². The molecule has 0 N–H and O–H groups in total. The average Bonchev–Trinajstić information content (AvgIpc) is 3.24. The first-order valence-electron chi connectivity index (χ1n) is 14.2. The largest absolute Gasteiger partial charge is 0.453 e. The number of rotatable bonds is 6. The Morgan fingerprint density at radius 3 is 2.51 bits per heavy atom. The average molecular weight is 601 g/mol. The summed E-state index contributed by atoms with van der Waals surface area (Å²) in [6.45, 7) is 10.6. The van der Waals surface area contributed by atoms with E-state index in [4.69, 9.17) is 4.74 Å². The van der Waals surface area contributed by atoms with Crippen LogP contribution in [0.3, 0.4) is 0 Å². The van der Waals surface area contributed by atoms with Gasteiger partial charge in [0.15, 0.2) is 0 Å². The number of methoxy groups -OCH3 is 1. The molecule has 1 aromatic rings. The lowest BCUT2D eigenvalue weighted by Crippen LogP contribution is -2.58. The third-order valence-electron chi connectivity index (χ3n) is 8.38. The van der Waals surface area contributed by atoms with Crippen molar-refractivity contribution >= 4 is 57.0 Å². The van der Waals surface area contributed by atoms with Crippen LogP contribution in [0.4, 0.5) is 4.79 Å². The zero-order chi connectivity index (χ0) is 29.5. The highest BCUT2D eigenvalue weighted by molar-refractivity contribution is 8.00. The van der Waals surface area contributed by atoms with Crippen LogP contribution >= 0.6 is 11.3 Å². The molecule has 9 nitrogen and oxygen atoms in total. The molecule has 5 rings (SSSR count). The Kier molecular flexibility index (Phi) is 8.39. The standard InChI is InChI=1S/C30H40N4O5S2/c1-20(2)34(41(5,38)28-14-24-12-21(3)8-6-10-26(24)40-28)25-9-7-11-31(29(25)36)19-27(35)32-15-22-13-23(16-32)18-33(17-22)30(37)39-4/h8,10,12,14,22-23,25H,1,5-7,9,11,13,15-19H2,2-4H3/t22?,23?,25-,41?/m0/s1. The number of likely N-dealkylation sites (tertiary alicyclic amines) is 3. The van der Waals surface area contributed by atoms with Crippen LogP contribution in [0.1, 0.15) is 39.5 Å². The zero-order valence-electron chi connectivity index (χ0n) is 24.2. The molecule has 3 saturated heterocycles. The van der Waals surface area contributed by atoms with E-state index in [0.717, 1.165) is 28.2 Å². The molecule has 11 heteroatoms. The number of ether oxygens (including phenoxy) is 1. The van der Waals surface area contributed by atoms with Crippen molar-refractivity contribution in [3.63, 3.8) is 0 Å². The lowest BCUT2D eigenvalue weighted by Gasteiger charge is -2.46. The van der Waals surface area contributed by atoms with E-state index in [9.17, 15) is 18.6 Å². The van der Waals surface area contributed by atoms with E-state index in [1.54, 1.807) is 21.0 Å². The van der Waals surface area contributed by atoms with Crippen LogP contribution in [0.15, 0.2) is 34.2 Å². The number of fused-ring (bicyclic) bond motifs is 3. The molecular formula is C30H40N4O5S2. The molecule has 0 aromatic carbocycles. The van der Waals surface area contributed by atoms with Gasteiger partial charge in [-0.25, -0.2) is 9.00 Å². The first-order chi connectivity index (χ1) is 19.5. The number of thiophene rings is 1. The number of amides is 3. The molecule has 3 fully saturated rings. The van der Waals surface area contributed by atoms with Crippen LogP contribution in [-0.4, -0.2) is 99.4 Å². The van der Waals surface area contributed by atoms with Crippen molar-refractivity contribution in [2.24, 2.45) is 11.8 Å². The van der Waals surface area contributed by atoms with E-state index >= 15 is 0 Å². The third-order valence-corrected chi connectivity index (χ3v) is 12.3. The molecule has 3 unspecified atom stereocenters. The molecular weight excluding hydrogens is 560 g/mol. The van der Waals surface area contributed by atoms with Gasteiger partial charge in [0.05, 0.1) is 23.4 Å². The highest BCUT2D eigenvalue weighted by atomic mass is 32.2. The number of carbonyl (C=O) groups excluding carboxylic acids is 3. The quantitative estimate of drug-likeness (QED) is 0.467. The monoisotopic (exact) mass is 600 g/mol. The first-order valence-corrected chi connectivity index (χ1v) is 16.7. The van der Waals surface area contributed by atoms with E-state index in [2.05, 4.69) is 30.7 Å². The van der Waals surface area contributed by atoms with E-state index in [0.29, 0.717) is 55.5 Å². The molecule has 41 heavy (non-hydrogen) atoms. The van der Waals surface area contributed by atoms with Crippen LogP contribution in [0.5, 0.6) is 0 Å². The number of carbonyl (C=O) groups is 3. The molecule has 0 saturated carbocycles. The second-order valence-electron chi connectivity index (χ2n) is 11.7. The van der Waals surface area contributed by atoms with Crippen molar-refractivity contribution in [2.45, 2.75) is 49.8 Å². The Balaban J connectivity index is 1.31. The summed E-state index contributed by atoms with van der Waals surface area (Å²) in [5.74, 6) is 4.24. The number of piperidine rings is 3. The summed E-state index contributed by atoms with van der Waals surface area (Å²) in [5.41, 5.74) is 1.67. The fourth-order valence-electron chi connectivity index (χ4n) is 6.62. The summed E-state index contributed by atoms with van der Waals surface area (Å²) in [5, 5.41) is 1.01. The van der Waals surface area contributed by atoms with Gasteiger partial charge in [-0.2, -0.15) is 0 Å². The second-order valence-corrected chi connectivity index (χ2v) is 15.1. The van der Waals surface area contributed by atoms with E-state index in [-0.39, 0.29) is 36.3 Å². The van der Waals surface area contributed by atoms with Gasteiger partial charge in [-0.3, -0.25) is 13.9 Å². The summed E-state index contributed by atoms with van der Waals surface area (Å²) < 4.78 is 22.5. The van der Waals surface area contributed by atoms with Crippen LogP contribution in [-0.2, 0) is 24.0 Å². The molecule has 4 aliphatic rings. The maximum atomic E-state index is 14.4. The molecule has 1 aliphatic carbocycles. The summed E-state index contributed by atoms with van der Waals surface area (Å²) in [6, 6.07) is 1.22.